The summed E-state index contributed by atoms with van der Waals surface area (Å²) in [6.07, 6.45) is 9.33. The molecule has 0 bridgehead atoms. The van der Waals surface area contributed by atoms with E-state index in [2.05, 4.69) is 20.2 Å². The van der Waals surface area contributed by atoms with Crippen LogP contribution in [-0.2, 0) is 0 Å². The van der Waals surface area contributed by atoms with Crippen molar-refractivity contribution in [2.75, 3.05) is 13.0 Å². The zero-order chi connectivity index (χ0) is 24.9. The van der Waals surface area contributed by atoms with Gasteiger partial charge in [0.1, 0.15) is 6.33 Å². The number of benzene rings is 1. The molecule has 182 valence electrons. The van der Waals surface area contributed by atoms with E-state index in [4.69, 9.17) is 20.8 Å². The molecule has 1 aromatic carbocycles. The van der Waals surface area contributed by atoms with Gasteiger partial charge in [-0.05, 0) is 55.2 Å². The molecule has 0 N–H and O–H groups in total. The molecule has 4 aromatic rings. The fraction of sp³-hybridized carbons (Fsp3) is 0.250. The SMILES string of the molecule is COc1cc(/C=C/c2nnc(C(CCCCl)c3cc(F)c(F)c(F)c3)o2)cnc1-n1cnc(C)c1. The van der Waals surface area contributed by atoms with E-state index in [-0.39, 0.29) is 17.3 Å². The molecule has 0 radical (unpaired) electrons. The Labute approximate surface area is 204 Å². The van der Waals surface area contributed by atoms with E-state index >= 15 is 0 Å². The zero-order valence-electron chi connectivity index (χ0n) is 18.9. The molecular weight excluding hydrogens is 483 g/mol. The molecule has 1 atom stereocenters. The standard InChI is InChI=1S/C24H21ClF3N5O2/c1-14-12-33(13-30-14)23-20(34-2)8-15(11-29-23)5-6-21-31-32-24(35-21)17(4-3-7-25)16-9-18(26)22(28)19(27)10-16/h5-6,8-13,17H,3-4,7H2,1-2H3/b6-5+. The summed E-state index contributed by atoms with van der Waals surface area (Å²) >= 11 is 5.80. The summed E-state index contributed by atoms with van der Waals surface area (Å²) in [5.41, 5.74) is 1.74. The van der Waals surface area contributed by atoms with Gasteiger partial charge in [-0.15, -0.1) is 21.8 Å². The van der Waals surface area contributed by atoms with Gasteiger partial charge in [-0.2, -0.15) is 0 Å². The van der Waals surface area contributed by atoms with Crippen molar-refractivity contribution < 1.29 is 22.3 Å². The van der Waals surface area contributed by atoms with E-state index in [1.54, 1.807) is 42.4 Å². The Hall–Kier alpha value is -3.66. The first-order valence-electron chi connectivity index (χ1n) is 10.7. The molecule has 35 heavy (non-hydrogen) atoms. The molecular formula is C24H21ClF3N5O2. The van der Waals surface area contributed by atoms with Crippen LogP contribution >= 0.6 is 11.6 Å². The Morgan fingerprint density at radius 2 is 1.89 bits per heavy atom. The summed E-state index contributed by atoms with van der Waals surface area (Å²) in [5, 5.41) is 8.03. The largest absolute Gasteiger partial charge is 0.493 e. The van der Waals surface area contributed by atoms with Crippen molar-refractivity contribution >= 4 is 23.8 Å². The maximum absolute atomic E-state index is 13.8. The second-order valence-corrected chi connectivity index (χ2v) is 8.09. The molecule has 7 nitrogen and oxygen atoms in total. The van der Waals surface area contributed by atoms with E-state index in [9.17, 15) is 13.2 Å². The van der Waals surface area contributed by atoms with Gasteiger partial charge in [0.15, 0.2) is 29.0 Å². The molecule has 4 rings (SSSR count). The van der Waals surface area contributed by atoms with Crippen molar-refractivity contribution in [2.45, 2.75) is 25.7 Å². The minimum Gasteiger partial charge on any atom is -0.493 e. The molecule has 1 unspecified atom stereocenters. The topological polar surface area (TPSA) is 78.9 Å². The number of aromatic nitrogens is 5. The van der Waals surface area contributed by atoms with Gasteiger partial charge in [0.05, 0.1) is 18.7 Å². The highest BCUT2D eigenvalue weighted by atomic mass is 35.5. The van der Waals surface area contributed by atoms with Crippen molar-refractivity contribution in [1.82, 2.24) is 24.7 Å². The molecule has 0 aliphatic rings. The van der Waals surface area contributed by atoms with E-state index in [1.165, 1.54) is 0 Å². The lowest BCUT2D eigenvalue weighted by Crippen LogP contribution is -2.05. The third-order valence-electron chi connectivity index (χ3n) is 5.24. The maximum Gasteiger partial charge on any atom is 0.240 e. The first kappa shape index (κ1) is 24.5. The number of alkyl halides is 1. The number of nitrogens with zero attached hydrogens (tertiary/aromatic N) is 5. The van der Waals surface area contributed by atoms with Gasteiger partial charge in [-0.25, -0.2) is 23.1 Å². The Bertz CT molecular complexity index is 1330. The predicted molar refractivity (Wildman–Crippen MR) is 124 cm³/mol. The number of hydrogen-bond acceptors (Lipinski definition) is 6. The molecule has 0 aliphatic carbocycles. The molecule has 0 saturated carbocycles. The molecule has 0 aliphatic heterocycles. The van der Waals surface area contributed by atoms with Gasteiger partial charge in [0, 0.05) is 24.3 Å². The molecule has 3 aromatic heterocycles. The highest BCUT2D eigenvalue weighted by molar-refractivity contribution is 6.17. The van der Waals surface area contributed by atoms with Crippen LogP contribution in [0, 0.1) is 24.4 Å². The van der Waals surface area contributed by atoms with E-state index in [0.29, 0.717) is 35.9 Å². The van der Waals surface area contributed by atoms with Gasteiger partial charge in [0.25, 0.3) is 0 Å². The third kappa shape index (κ3) is 5.54. The minimum absolute atomic E-state index is 0.140. The Balaban J connectivity index is 1.58. The molecule has 0 fully saturated rings. The van der Waals surface area contributed by atoms with Crippen LogP contribution in [0.3, 0.4) is 0 Å². The van der Waals surface area contributed by atoms with Crippen LogP contribution in [0.5, 0.6) is 5.75 Å². The summed E-state index contributed by atoms with van der Waals surface area (Å²) < 4.78 is 54.0. The number of rotatable bonds is 9. The Morgan fingerprint density at radius 1 is 1.11 bits per heavy atom. The number of halogens is 4. The summed E-state index contributed by atoms with van der Waals surface area (Å²) in [7, 11) is 1.55. The number of imidazole rings is 1. The summed E-state index contributed by atoms with van der Waals surface area (Å²) in [6, 6.07) is 3.65. The van der Waals surface area contributed by atoms with E-state index in [1.807, 2.05) is 13.1 Å². The van der Waals surface area contributed by atoms with Crippen molar-refractivity contribution in [3.63, 3.8) is 0 Å². The molecule has 3 heterocycles. The van der Waals surface area contributed by atoms with Crippen LogP contribution in [0.4, 0.5) is 13.2 Å². The fourth-order valence-electron chi connectivity index (χ4n) is 3.54. The quantitative estimate of drug-likeness (QED) is 0.215. The lowest BCUT2D eigenvalue weighted by Gasteiger charge is -2.13. The lowest BCUT2D eigenvalue weighted by atomic mass is 9.94. The third-order valence-corrected chi connectivity index (χ3v) is 5.51. The average Bonchev–Trinajstić information content (AvgIpc) is 3.50. The van der Waals surface area contributed by atoms with E-state index in [0.717, 1.165) is 17.8 Å². The van der Waals surface area contributed by atoms with Crippen LogP contribution in [0.15, 0.2) is 41.3 Å². The highest BCUT2D eigenvalue weighted by Crippen LogP contribution is 2.31. The number of aryl methyl sites for hydroxylation is 1. The smallest absolute Gasteiger partial charge is 0.240 e. The van der Waals surface area contributed by atoms with Gasteiger partial charge in [-0.3, -0.25) is 4.57 Å². The summed E-state index contributed by atoms with van der Waals surface area (Å²) in [6.45, 7) is 1.88. The van der Waals surface area contributed by atoms with Crippen molar-refractivity contribution in [1.29, 1.82) is 0 Å². The number of hydrogen-bond donors (Lipinski definition) is 0. The molecule has 0 amide bonds. The van der Waals surface area contributed by atoms with Crippen LogP contribution in [0.1, 0.15) is 47.4 Å². The second kappa shape index (κ2) is 10.7. The van der Waals surface area contributed by atoms with Crippen LogP contribution in [-0.4, -0.2) is 37.7 Å². The summed E-state index contributed by atoms with van der Waals surface area (Å²) in [5.74, 6) is -2.98. The predicted octanol–water partition coefficient (Wildman–Crippen LogP) is 5.71. The van der Waals surface area contributed by atoms with Gasteiger partial charge in [0.2, 0.25) is 11.8 Å². The Kier molecular flexibility index (Phi) is 7.50. The van der Waals surface area contributed by atoms with Gasteiger partial charge in [-0.1, -0.05) is 0 Å². The minimum atomic E-state index is -1.53. The highest BCUT2D eigenvalue weighted by Gasteiger charge is 2.23. The van der Waals surface area contributed by atoms with E-state index < -0.39 is 23.4 Å². The fourth-order valence-corrected chi connectivity index (χ4v) is 3.69. The first-order valence-corrected chi connectivity index (χ1v) is 11.2. The first-order chi connectivity index (χ1) is 16.9. The second-order valence-electron chi connectivity index (χ2n) is 7.71. The van der Waals surface area contributed by atoms with Gasteiger partial charge >= 0.3 is 0 Å². The summed E-state index contributed by atoms with van der Waals surface area (Å²) in [4.78, 5) is 8.64. The molecule has 0 saturated heterocycles. The number of pyridine rings is 1. The monoisotopic (exact) mass is 503 g/mol. The normalized spacial score (nSPS) is 12.4. The van der Waals surface area contributed by atoms with Crippen molar-refractivity contribution in [2.24, 2.45) is 0 Å². The van der Waals surface area contributed by atoms with Crippen LogP contribution in [0.25, 0.3) is 18.0 Å². The molecule has 11 heteroatoms. The van der Waals surface area contributed by atoms with Crippen LogP contribution in [0.2, 0.25) is 0 Å². The van der Waals surface area contributed by atoms with Crippen LogP contribution < -0.4 is 4.74 Å². The number of methoxy groups -OCH3 is 1. The maximum atomic E-state index is 13.8. The van der Waals surface area contributed by atoms with Crippen molar-refractivity contribution in [3.8, 4) is 11.6 Å². The lowest BCUT2D eigenvalue weighted by molar-refractivity contribution is 0.410. The average molecular weight is 504 g/mol. The Morgan fingerprint density at radius 3 is 2.54 bits per heavy atom. The molecule has 0 spiro atoms. The van der Waals surface area contributed by atoms with Crippen molar-refractivity contribution in [3.05, 3.63) is 83.0 Å². The number of ether oxygens (including phenoxy) is 1. The zero-order valence-corrected chi connectivity index (χ0v) is 19.6. The van der Waals surface area contributed by atoms with Gasteiger partial charge < -0.3 is 9.15 Å².